The minimum Gasteiger partial charge on any atom is -0.598 e. The number of aryl methyl sites for hydroxylation is 1. The van der Waals surface area contributed by atoms with Crippen LogP contribution in [0.1, 0.15) is 19.5 Å². The second-order valence-electron chi connectivity index (χ2n) is 3.75. The molecule has 4 nitrogen and oxygen atoms in total. The molecular weight excluding hydrogens is 278 g/mol. The quantitative estimate of drug-likeness (QED) is 0.860. The van der Waals surface area contributed by atoms with Crippen LogP contribution >= 0.6 is 15.9 Å². The summed E-state index contributed by atoms with van der Waals surface area (Å²) >= 11 is 1.90. The first-order valence-electron chi connectivity index (χ1n) is 4.38. The fourth-order valence-electron chi connectivity index (χ4n) is 0.954. The third-order valence-electron chi connectivity index (χ3n) is 2.06. The number of nitrogens with zero attached hydrogens (tertiary/aromatic N) is 2. The third kappa shape index (κ3) is 3.34. The highest BCUT2D eigenvalue weighted by atomic mass is 79.9. The van der Waals surface area contributed by atoms with E-state index in [9.17, 15) is 4.55 Å². The predicted octanol–water partition coefficient (Wildman–Crippen LogP) is 1.60. The lowest BCUT2D eigenvalue weighted by Gasteiger charge is -2.19. The molecule has 1 aromatic heterocycles. The molecule has 0 radical (unpaired) electrons. The van der Waals surface area contributed by atoms with Gasteiger partial charge in [-0.1, -0.05) is 0 Å². The molecule has 0 aromatic carbocycles. The van der Waals surface area contributed by atoms with Gasteiger partial charge in [0, 0.05) is 18.4 Å². The minimum atomic E-state index is -1.38. The Morgan fingerprint density at radius 2 is 2.27 bits per heavy atom. The Kier molecular flexibility index (Phi) is 3.99. The van der Waals surface area contributed by atoms with Crippen molar-refractivity contribution in [1.82, 2.24) is 9.78 Å². The van der Waals surface area contributed by atoms with Gasteiger partial charge in [0.15, 0.2) is 4.75 Å². The summed E-state index contributed by atoms with van der Waals surface area (Å²) < 4.78 is 13.2. The molecule has 2 N–H and O–H groups in total. The highest BCUT2D eigenvalue weighted by molar-refractivity contribution is 9.10. The van der Waals surface area contributed by atoms with Crippen LogP contribution < -0.4 is 5.14 Å². The molecule has 84 valence electrons. The van der Waals surface area contributed by atoms with Crippen molar-refractivity contribution >= 4 is 33.4 Å². The first-order chi connectivity index (χ1) is 6.83. The lowest BCUT2D eigenvalue weighted by molar-refractivity contribution is 0.573. The van der Waals surface area contributed by atoms with Crippen molar-refractivity contribution < 1.29 is 4.55 Å². The lowest BCUT2D eigenvalue weighted by Crippen LogP contribution is -2.35. The summed E-state index contributed by atoms with van der Waals surface area (Å²) in [7, 11) is 1.84. The van der Waals surface area contributed by atoms with Gasteiger partial charge >= 0.3 is 0 Å². The van der Waals surface area contributed by atoms with E-state index in [0.29, 0.717) is 0 Å². The molecule has 0 amide bonds. The van der Waals surface area contributed by atoms with Crippen LogP contribution in [0.3, 0.4) is 0 Å². The van der Waals surface area contributed by atoms with Gasteiger partial charge in [-0.05, 0) is 48.0 Å². The molecule has 1 heterocycles. The van der Waals surface area contributed by atoms with Crippen molar-refractivity contribution in [3.63, 3.8) is 0 Å². The second-order valence-corrected chi connectivity index (χ2v) is 6.21. The Morgan fingerprint density at radius 3 is 2.67 bits per heavy atom. The molecule has 1 unspecified atom stereocenters. The molecule has 0 fully saturated rings. The van der Waals surface area contributed by atoms with E-state index in [4.69, 9.17) is 5.14 Å². The summed E-state index contributed by atoms with van der Waals surface area (Å²) in [6.07, 6.45) is 3.69. The summed E-state index contributed by atoms with van der Waals surface area (Å²) in [5.41, 5.74) is 0.931. The standard InChI is InChI=1S/C9H14BrN3OS/c1-9(2,15(11)14)5-4-7-6-8(10)12-13(7)3/h4-6H,11H2,1-3H3. The van der Waals surface area contributed by atoms with E-state index in [1.165, 1.54) is 0 Å². The molecule has 6 heteroatoms. The molecule has 0 aliphatic rings. The number of halogens is 1. The van der Waals surface area contributed by atoms with Crippen molar-refractivity contribution in [2.75, 3.05) is 0 Å². The first-order valence-corrected chi connectivity index (χ1v) is 6.38. The molecule has 1 atom stereocenters. The van der Waals surface area contributed by atoms with Gasteiger partial charge in [-0.2, -0.15) is 10.2 Å². The average Bonchev–Trinajstić information content (AvgIpc) is 2.41. The number of hydrogen-bond donors (Lipinski definition) is 1. The van der Waals surface area contributed by atoms with Crippen molar-refractivity contribution in [1.29, 1.82) is 0 Å². The molecule has 0 bridgehead atoms. The molecule has 1 aromatic rings. The van der Waals surface area contributed by atoms with Gasteiger partial charge in [0.25, 0.3) is 0 Å². The molecule has 0 saturated heterocycles. The van der Waals surface area contributed by atoms with Crippen LogP contribution in [0.2, 0.25) is 0 Å². The normalized spacial score (nSPS) is 14.8. The third-order valence-corrected chi connectivity index (χ3v) is 3.62. The summed E-state index contributed by atoms with van der Waals surface area (Å²) in [5.74, 6) is 0. The van der Waals surface area contributed by atoms with Crippen molar-refractivity contribution in [3.05, 3.63) is 22.4 Å². The van der Waals surface area contributed by atoms with Crippen molar-refractivity contribution in [2.45, 2.75) is 18.6 Å². The van der Waals surface area contributed by atoms with Gasteiger partial charge in [0.2, 0.25) is 0 Å². The molecule has 1 rings (SSSR count). The fraction of sp³-hybridized carbons (Fsp3) is 0.444. The fourth-order valence-corrected chi connectivity index (χ4v) is 1.63. The van der Waals surface area contributed by atoms with Gasteiger partial charge in [-0.15, -0.1) is 0 Å². The van der Waals surface area contributed by atoms with Gasteiger partial charge in [0.1, 0.15) is 4.60 Å². The van der Waals surface area contributed by atoms with Gasteiger partial charge < -0.3 is 4.55 Å². The van der Waals surface area contributed by atoms with Crippen LogP contribution in [-0.2, 0) is 18.4 Å². The van der Waals surface area contributed by atoms with Gasteiger partial charge in [-0.25, -0.2) is 0 Å². The van der Waals surface area contributed by atoms with E-state index in [1.54, 1.807) is 4.68 Å². The number of aromatic nitrogens is 2. The van der Waals surface area contributed by atoms with Gasteiger partial charge in [-0.3, -0.25) is 4.68 Å². The largest absolute Gasteiger partial charge is 0.598 e. The van der Waals surface area contributed by atoms with E-state index in [0.717, 1.165) is 10.3 Å². The maximum atomic E-state index is 11.2. The molecular formula is C9H14BrN3OS. The molecule has 0 saturated carbocycles. The zero-order valence-electron chi connectivity index (χ0n) is 8.90. The molecule has 0 spiro atoms. The molecule has 15 heavy (non-hydrogen) atoms. The number of rotatable bonds is 3. The van der Waals surface area contributed by atoms with Gasteiger partial charge in [0.05, 0.1) is 5.69 Å². The zero-order valence-corrected chi connectivity index (χ0v) is 11.3. The predicted molar refractivity (Wildman–Crippen MR) is 66.4 cm³/mol. The summed E-state index contributed by atoms with van der Waals surface area (Å²) in [6.45, 7) is 3.65. The van der Waals surface area contributed by atoms with E-state index in [-0.39, 0.29) is 0 Å². The average molecular weight is 292 g/mol. The maximum absolute atomic E-state index is 11.2. The van der Waals surface area contributed by atoms with Crippen LogP contribution in [-0.4, -0.2) is 19.1 Å². The smallest absolute Gasteiger partial charge is 0.157 e. The Labute approximate surface area is 101 Å². The van der Waals surface area contributed by atoms with Crippen LogP contribution in [0, 0.1) is 0 Å². The Morgan fingerprint density at radius 1 is 1.67 bits per heavy atom. The van der Waals surface area contributed by atoms with E-state index in [1.807, 2.05) is 39.1 Å². The summed E-state index contributed by atoms with van der Waals surface area (Å²) in [6, 6.07) is 1.88. The Bertz CT molecular complexity index is 373. The van der Waals surface area contributed by atoms with Crippen molar-refractivity contribution in [2.24, 2.45) is 12.2 Å². The Hall–Kier alpha value is -0.300. The maximum Gasteiger partial charge on any atom is 0.157 e. The topological polar surface area (TPSA) is 66.9 Å². The monoisotopic (exact) mass is 291 g/mol. The highest BCUT2D eigenvalue weighted by Crippen LogP contribution is 2.18. The molecule has 0 aliphatic carbocycles. The number of nitrogens with two attached hydrogens (primary N) is 1. The highest BCUT2D eigenvalue weighted by Gasteiger charge is 2.26. The van der Waals surface area contributed by atoms with Crippen LogP contribution in [0.4, 0.5) is 0 Å². The Balaban J connectivity index is 2.86. The van der Waals surface area contributed by atoms with Crippen LogP contribution in [0.5, 0.6) is 0 Å². The first kappa shape index (κ1) is 12.8. The zero-order chi connectivity index (χ0) is 11.6. The van der Waals surface area contributed by atoms with E-state index >= 15 is 0 Å². The lowest BCUT2D eigenvalue weighted by atomic mass is 10.2. The SMILES string of the molecule is Cn1nc(Br)cc1C=CC(C)(C)[S+](N)[O-]. The van der Waals surface area contributed by atoms with E-state index < -0.39 is 16.1 Å². The van der Waals surface area contributed by atoms with Crippen LogP contribution in [0.15, 0.2) is 16.7 Å². The van der Waals surface area contributed by atoms with E-state index in [2.05, 4.69) is 21.0 Å². The molecule has 0 aliphatic heterocycles. The van der Waals surface area contributed by atoms with Crippen molar-refractivity contribution in [3.8, 4) is 0 Å². The number of hydrogen-bond acceptors (Lipinski definition) is 3. The summed E-state index contributed by atoms with van der Waals surface area (Å²) in [4.78, 5) is 0. The second kappa shape index (κ2) is 4.69. The van der Waals surface area contributed by atoms with Crippen LogP contribution in [0.25, 0.3) is 6.08 Å². The summed E-state index contributed by atoms with van der Waals surface area (Å²) in [5, 5.41) is 9.50. The minimum absolute atomic E-state index is 0.531.